The van der Waals surface area contributed by atoms with Gasteiger partial charge in [-0.2, -0.15) is 0 Å². The fourth-order valence-corrected chi connectivity index (χ4v) is 2.87. The number of carbonyl (C=O) groups excluding carboxylic acids is 2. The Labute approximate surface area is 158 Å². The zero-order chi connectivity index (χ0) is 19.1. The van der Waals surface area contributed by atoms with Gasteiger partial charge in [0.2, 0.25) is 0 Å². The average Bonchev–Trinajstić information content (AvgIpc) is 2.74. The van der Waals surface area contributed by atoms with Crippen LogP contribution in [0.5, 0.6) is 0 Å². The van der Waals surface area contributed by atoms with Gasteiger partial charge in [0.1, 0.15) is 6.04 Å². The number of methoxy groups -OCH3 is 1. The van der Waals surface area contributed by atoms with E-state index in [1.165, 1.54) is 7.11 Å². The zero-order valence-corrected chi connectivity index (χ0v) is 15.1. The van der Waals surface area contributed by atoms with E-state index in [-0.39, 0.29) is 5.91 Å². The lowest BCUT2D eigenvalue weighted by Gasteiger charge is -2.17. The van der Waals surface area contributed by atoms with Crippen molar-refractivity contribution in [1.29, 1.82) is 0 Å². The van der Waals surface area contributed by atoms with Gasteiger partial charge in [0, 0.05) is 12.0 Å². The minimum absolute atomic E-state index is 0.305. The van der Waals surface area contributed by atoms with Crippen LogP contribution in [0.15, 0.2) is 84.9 Å². The molecule has 3 aromatic carbocycles. The summed E-state index contributed by atoms with van der Waals surface area (Å²) in [5.74, 6) is -0.769. The molecule has 0 heterocycles. The predicted molar refractivity (Wildman–Crippen MR) is 105 cm³/mol. The number of carbonyl (C=O) groups is 2. The molecule has 4 heteroatoms. The van der Waals surface area contributed by atoms with Crippen LogP contribution in [0.3, 0.4) is 0 Å². The molecule has 3 rings (SSSR count). The Balaban J connectivity index is 1.72. The molecule has 0 aromatic heterocycles. The lowest BCUT2D eigenvalue weighted by atomic mass is 10.0. The smallest absolute Gasteiger partial charge is 0.328 e. The van der Waals surface area contributed by atoms with Crippen molar-refractivity contribution in [2.45, 2.75) is 12.5 Å². The lowest BCUT2D eigenvalue weighted by Crippen LogP contribution is -2.43. The maximum atomic E-state index is 12.6. The number of nitrogens with one attached hydrogen (secondary N) is 1. The first-order valence-electron chi connectivity index (χ1n) is 8.75. The predicted octanol–water partition coefficient (Wildman–Crippen LogP) is 3.87. The second kappa shape index (κ2) is 8.81. The van der Waals surface area contributed by atoms with E-state index in [1.807, 2.05) is 72.8 Å². The monoisotopic (exact) mass is 359 g/mol. The molecule has 3 aromatic rings. The van der Waals surface area contributed by atoms with Gasteiger partial charge >= 0.3 is 5.97 Å². The van der Waals surface area contributed by atoms with Crippen molar-refractivity contribution < 1.29 is 14.3 Å². The van der Waals surface area contributed by atoms with Crippen molar-refractivity contribution >= 4 is 11.9 Å². The molecular formula is C23H21NO3. The molecule has 0 aliphatic heterocycles. The number of amides is 1. The second-order valence-electron chi connectivity index (χ2n) is 6.18. The second-order valence-corrected chi connectivity index (χ2v) is 6.18. The van der Waals surface area contributed by atoms with Gasteiger partial charge < -0.3 is 10.1 Å². The van der Waals surface area contributed by atoms with E-state index in [9.17, 15) is 9.59 Å². The first-order chi connectivity index (χ1) is 13.2. The summed E-state index contributed by atoms with van der Waals surface area (Å²) in [6, 6.07) is 26.0. The van der Waals surface area contributed by atoms with E-state index >= 15 is 0 Å². The Morgan fingerprint density at radius 1 is 0.815 bits per heavy atom. The van der Waals surface area contributed by atoms with Crippen LogP contribution in [0, 0.1) is 0 Å². The van der Waals surface area contributed by atoms with Crippen molar-refractivity contribution in [1.82, 2.24) is 5.32 Å². The molecule has 0 spiro atoms. The van der Waals surface area contributed by atoms with E-state index in [1.54, 1.807) is 12.1 Å². The molecule has 1 amide bonds. The normalized spacial score (nSPS) is 11.4. The van der Waals surface area contributed by atoms with Gasteiger partial charge in [-0.15, -0.1) is 0 Å². The largest absolute Gasteiger partial charge is 0.467 e. The van der Waals surface area contributed by atoms with Crippen LogP contribution in [-0.4, -0.2) is 25.0 Å². The molecule has 0 bridgehead atoms. The van der Waals surface area contributed by atoms with Gasteiger partial charge in [0.15, 0.2) is 0 Å². The summed E-state index contributed by atoms with van der Waals surface area (Å²) in [4.78, 5) is 24.7. The highest BCUT2D eigenvalue weighted by molar-refractivity contribution is 5.97. The SMILES string of the molecule is COC(=O)[C@@H](Cc1ccccc1)NC(=O)c1ccc(-c2ccccc2)cc1. The molecule has 0 saturated carbocycles. The summed E-state index contributed by atoms with van der Waals surface area (Å²) >= 11 is 0. The third-order valence-electron chi connectivity index (χ3n) is 4.33. The fraction of sp³-hybridized carbons (Fsp3) is 0.130. The topological polar surface area (TPSA) is 55.4 Å². The first-order valence-corrected chi connectivity index (χ1v) is 8.75. The van der Waals surface area contributed by atoms with E-state index < -0.39 is 12.0 Å². The van der Waals surface area contributed by atoms with E-state index in [4.69, 9.17) is 4.74 Å². The van der Waals surface area contributed by atoms with Crippen LogP contribution >= 0.6 is 0 Å². The van der Waals surface area contributed by atoms with Crippen LogP contribution in [-0.2, 0) is 16.0 Å². The minimum atomic E-state index is -0.737. The van der Waals surface area contributed by atoms with Gasteiger partial charge in [-0.3, -0.25) is 4.79 Å². The lowest BCUT2D eigenvalue weighted by molar-refractivity contribution is -0.142. The van der Waals surface area contributed by atoms with Crippen molar-refractivity contribution in [2.75, 3.05) is 7.11 Å². The van der Waals surface area contributed by atoms with Gasteiger partial charge in [-0.25, -0.2) is 4.79 Å². The highest BCUT2D eigenvalue weighted by Gasteiger charge is 2.22. The molecule has 0 fully saturated rings. The molecule has 0 aliphatic rings. The molecule has 1 N–H and O–H groups in total. The fourth-order valence-electron chi connectivity index (χ4n) is 2.87. The molecule has 0 unspecified atom stereocenters. The summed E-state index contributed by atoms with van der Waals surface area (Å²) in [7, 11) is 1.32. The van der Waals surface area contributed by atoms with Crippen LogP contribution in [0.4, 0.5) is 0 Å². The molecule has 0 radical (unpaired) electrons. The molecule has 1 atom stereocenters. The Morgan fingerprint density at radius 2 is 1.37 bits per heavy atom. The van der Waals surface area contributed by atoms with Gasteiger partial charge in [0.05, 0.1) is 7.11 Å². The Bertz CT molecular complexity index is 890. The highest BCUT2D eigenvalue weighted by atomic mass is 16.5. The number of hydrogen-bond acceptors (Lipinski definition) is 3. The van der Waals surface area contributed by atoms with E-state index in [0.29, 0.717) is 12.0 Å². The summed E-state index contributed by atoms with van der Waals surface area (Å²) in [5, 5.41) is 2.78. The van der Waals surface area contributed by atoms with Crippen molar-refractivity contribution in [2.24, 2.45) is 0 Å². The first kappa shape index (κ1) is 18.4. The van der Waals surface area contributed by atoms with Crippen LogP contribution < -0.4 is 5.32 Å². The number of rotatable bonds is 6. The zero-order valence-electron chi connectivity index (χ0n) is 15.1. The van der Waals surface area contributed by atoms with Crippen LogP contribution in [0.2, 0.25) is 0 Å². The van der Waals surface area contributed by atoms with Gasteiger partial charge in [-0.05, 0) is 28.8 Å². The molecule has 27 heavy (non-hydrogen) atoms. The quantitative estimate of drug-likeness (QED) is 0.680. The Morgan fingerprint density at radius 3 is 1.96 bits per heavy atom. The summed E-state index contributed by atoms with van der Waals surface area (Å²) in [6.45, 7) is 0. The molecule has 0 aliphatic carbocycles. The minimum Gasteiger partial charge on any atom is -0.467 e. The van der Waals surface area contributed by atoms with Crippen molar-refractivity contribution in [3.8, 4) is 11.1 Å². The van der Waals surface area contributed by atoms with E-state index in [0.717, 1.165) is 16.7 Å². The average molecular weight is 359 g/mol. The number of hydrogen-bond donors (Lipinski definition) is 1. The highest BCUT2D eigenvalue weighted by Crippen LogP contribution is 2.19. The van der Waals surface area contributed by atoms with Crippen molar-refractivity contribution in [3.05, 3.63) is 96.1 Å². The van der Waals surface area contributed by atoms with Crippen LogP contribution in [0.25, 0.3) is 11.1 Å². The number of ether oxygens (including phenoxy) is 1. The maximum absolute atomic E-state index is 12.6. The standard InChI is InChI=1S/C23H21NO3/c1-27-23(26)21(16-17-8-4-2-5-9-17)24-22(25)20-14-12-19(13-15-20)18-10-6-3-7-11-18/h2-15,21H,16H2,1H3,(H,24,25)/t21-/m1/s1. The van der Waals surface area contributed by atoms with Crippen LogP contribution in [0.1, 0.15) is 15.9 Å². The maximum Gasteiger partial charge on any atom is 0.328 e. The summed E-state index contributed by atoms with van der Waals surface area (Å²) in [5.41, 5.74) is 3.56. The summed E-state index contributed by atoms with van der Waals surface area (Å²) < 4.78 is 4.84. The Hall–Kier alpha value is -3.40. The number of benzene rings is 3. The Kier molecular flexibility index (Phi) is 6.00. The van der Waals surface area contributed by atoms with Gasteiger partial charge in [0.25, 0.3) is 5.91 Å². The molecule has 136 valence electrons. The third-order valence-corrected chi connectivity index (χ3v) is 4.33. The molecule has 4 nitrogen and oxygen atoms in total. The molecular weight excluding hydrogens is 338 g/mol. The number of esters is 1. The van der Waals surface area contributed by atoms with Gasteiger partial charge in [-0.1, -0.05) is 72.8 Å². The van der Waals surface area contributed by atoms with Crippen molar-refractivity contribution in [3.63, 3.8) is 0 Å². The summed E-state index contributed by atoms with van der Waals surface area (Å²) in [6.07, 6.45) is 0.376. The third kappa shape index (κ3) is 4.82. The molecule has 0 saturated heterocycles. The van der Waals surface area contributed by atoms with E-state index in [2.05, 4.69) is 5.32 Å².